The molecule has 0 spiro atoms. The van der Waals surface area contributed by atoms with E-state index in [1.807, 2.05) is 68.8 Å². The zero-order valence-corrected chi connectivity index (χ0v) is 73.4. The topological polar surface area (TPSA) is 27.9 Å². The summed E-state index contributed by atoms with van der Waals surface area (Å²) in [5.41, 5.74) is 24.9. The third-order valence-electron chi connectivity index (χ3n) is 26.4. The van der Waals surface area contributed by atoms with Gasteiger partial charge in [0.15, 0.2) is 0 Å². The molecule has 0 fully saturated rings. The maximum Gasteiger partial charge on any atom is 0.143 e. The van der Waals surface area contributed by atoms with E-state index < -0.39 is 0 Å². The van der Waals surface area contributed by atoms with Crippen molar-refractivity contribution in [2.45, 2.75) is 0 Å². The highest BCUT2D eigenvalue weighted by Gasteiger charge is 2.23. The Morgan fingerprint density at radius 2 is 0.434 bits per heavy atom. The average molecular weight is 1730 g/mol. The maximum atomic E-state index is 6.38. The van der Waals surface area contributed by atoms with Gasteiger partial charge < -0.3 is 18.1 Å². The third kappa shape index (κ3) is 12.0. The number of para-hydroxylation sites is 5. The van der Waals surface area contributed by atoms with E-state index in [9.17, 15) is 0 Å². The van der Waals surface area contributed by atoms with Crippen LogP contribution in [0.2, 0.25) is 0 Å². The van der Waals surface area contributed by atoms with Gasteiger partial charge in [-0.2, -0.15) is 0 Å². The van der Waals surface area contributed by atoms with Crippen LogP contribution in [0.1, 0.15) is 0 Å². The van der Waals surface area contributed by atoms with Crippen molar-refractivity contribution in [3.05, 3.63) is 431 Å². The highest BCUT2D eigenvalue weighted by Crippen LogP contribution is 2.49. The lowest BCUT2D eigenvalue weighted by Gasteiger charge is -2.12. The second-order valence-corrected chi connectivity index (χ2v) is 39.0. The highest BCUT2D eigenvalue weighted by molar-refractivity contribution is 7.27. The zero-order chi connectivity index (χ0) is 84.5. The van der Waals surface area contributed by atoms with Crippen LogP contribution < -0.4 is 0 Å². The summed E-state index contributed by atoms with van der Waals surface area (Å²) < 4.78 is 27.1. The monoisotopic (exact) mass is 1730 g/mol. The highest BCUT2D eigenvalue weighted by atomic mass is 32.1. The van der Waals surface area contributed by atoms with Crippen molar-refractivity contribution in [2.24, 2.45) is 0 Å². The molecule has 9 aromatic heterocycles. The normalized spacial score (nSPS) is 12.0. The van der Waals surface area contributed by atoms with Crippen LogP contribution in [0.25, 0.3) is 261 Å². The molecule has 0 N–H and O–H groups in total. The number of aromatic nitrogens is 3. The molecular formula is C120H71N3OS5. The molecule has 0 saturated carbocycles. The fourth-order valence-corrected chi connectivity index (χ4v) is 26.4. The summed E-state index contributed by atoms with van der Waals surface area (Å²) in [4.78, 5) is 0. The molecule has 0 bridgehead atoms. The Morgan fingerprint density at radius 3 is 0.845 bits per heavy atom. The molecule has 0 unspecified atom stereocenters. The van der Waals surface area contributed by atoms with Gasteiger partial charge in [0.2, 0.25) is 0 Å². The Labute approximate surface area is 760 Å². The minimum atomic E-state index is 0.919. The Hall–Kier alpha value is -15.3. The van der Waals surface area contributed by atoms with Crippen LogP contribution in [0, 0.1) is 0 Å². The number of furan rings is 1. The number of hydrogen-bond donors (Lipinski definition) is 0. The molecule has 9 heterocycles. The van der Waals surface area contributed by atoms with Crippen molar-refractivity contribution < 1.29 is 4.42 Å². The van der Waals surface area contributed by atoms with E-state index in [0.717, 1.165) is 38.8 Å². The predicted molar refractivity (Wildman–Crippen MR) is 561 cm³/mol. The molecule has 9 heteroatoms. The van der Waals surface area contributed by atoms with Crippen molar-refractivity contribution in [3.8, 4) is 72.7 Å². The van der Waals surface area contributed by atoms with E-state index >= 15 is 0 Å². The fourth-order valence-electron chi connectivity index (χ4n) is 20.5. The predicted octanol–water partition coefficient (Wildman–Crippen LogP) is 36.4. The molecule has 0 amide bonds. The number of fused-ring (bicyclic) bond motifs is 27. The molecule has 0 saturated heterocycles. The molecule has 129 heavy (non-hydrogen) atoms. The summed E-state index contributed by atoms with van der Waals surface area (Å²) in [5, 5.41) is 23.3. The summed E-state index contributed by atoms with van der Waals surface area (Å²) in [7, 11) is 0. The Morgan fingerprint density at radius 1 is 0.155 bits per heavy atom. The van der Waals surface area contributed by atoms with Crippen LogP contribution >= 0.6 is 56.7 Å². The number of benzene rings is 20. The third-order valence-corrected chi connectivity index (χ3v) is 32.2. The van der Waals surface area contributed by atoms with E-state index in [2.05, 4.69) is 432 Å². The van der Waals surface area contributed by atoms with Gasteiger partial charge in [-0.25, -0.2) is 0 Å². The van der Waals surface area contributed by atoms with Crippen LogP contribution in [0.4, 0.5) is 0 Å². The first-order valence-corrected chi connectivity index (χ1v) is 47.8. The van der Waals surface area contributed by atoms with E-state index in [-0.39, 0.29) is 0 Å². The molecule has 29 aromatic rings. The van der Waals surface area contributed by atoms with Crippen molar-refractivity contribution in [1.29, 1.82) is 0 Å². The molecule has 0 aliphatic carbocycles. The first-order valence-electron chi connectivity index (χ1n) is 43.7. The van der Waals surface area contributed by atoms with Gasteiger partial charge >= 0.3 is 0 Å². The first-order chi connectivity index (χ1) is 63.9. The minimum absolute atomic E-state index is 0.919. The van der Waals surface area contributed by atoms with Crippen LogP contribution in [0.15, 0.2) is 435 Å². The van der Waals surface area contributed by atoms with Gasteiger partial charge in [0.05, 0.1) is 33.1 Å². The lowest BCUT2D eigenvalue weighted by Crippen LogP contribution is -1.94. The SMILES string of the molecule is c1cc(-c2cccc(-n3c4ccccc4c4cc5sc6ccccc6c5cc43)c2)cc(-c2cccc3c2oc2ccccc23)c1.c1cc(-c2cccc(-n3c4ccccc4c4cc5sc6ccccc6c5cc43)c2)cc(-c2cccc3c2sc2ccccc23)c1.c1cc(-c2cccc3c2sc2ccccc23)cc(-n2c3ccccc3c3cc4sc5ccccc5c4cc32)c1. The van der Waals surface area contributed by atoms with Crippen molar-refractivity contribution in [1.82, 2.24) is 13.7 Å². The van der Waals surface area contributed by atoms with Gasteiger partial charge in [0.25, 0.3) is 0 Å². The van der Waals surface area contributed by atoms with Gasteiger partial charge in [-0.3, -0.25) is 0 Å². The number of nitrogens with zero attached hydrogens (tertiary/aromatic N) is 3. The number of rotatable bonds is 8. The molecule has 29 rings (SSSR count). The molecule has 20 aromatic carbocycles. The summed E-state index contributed by atoms with van der Waals surface area (Å²) in [5.74, 6) is 0. The minimum Gasteiger partial charge on any atom is -0.455 e. The summed E-state index contributed by atoms with van der Waals surface area (Å²) in [6, 6.07) is 158. The van der Waals surface area contributed by atoms with Crippen molar-refractivity contribution >= 4 is 245 Å². The van der Waals surface area contributed by atoms with Gasteiger partial charge in [0, 0.05) is 167 Å². The van der Waals surface area contributed by atoms with Gasteiger partial charge in [-0.1, -0.05) is 291 Å². The molecular weight excluding hydrogens is 1660 g/mol. The van der Waals surface area contributed by atoms with Gasteiger partial charge in [-0.05, 0) is 190 Å². The second kappa shape index (κ2) is 29.7. The molecule has 0 aliphatic rings. The molecule has 0 aliphatic heterocycles. The Bertz CT molecular complexity index is 9320. The van der Waals surface area contributed by atoms with Gasteiger partial charge in [0.1, 0.15) is 11.2 Å². The van der Waals surface area contributed by atoms with Crippen LogP contribution in [0.3, 0.4) is 0 Å². The Balaban J connectivity index is 0.000000100. The fraction of sp³-hybridized carbons (Fsp3) is 0. The second-order valence-electron chi connectivity index (χ2n) is 33.6. The molecule has 0 radical (unpaired) electrons. The smallest absolute Gasteiger partial charge is 0.143 e. The Kier molecular flexibility index (Phi) is 17.0. The van der Waals surface area contributed by atoms with Gasteiger partial charge in [-0.15, -0.1) is 56.7 Å². The van der Waals surface area contributed by atoms with Crippen LogP contribution in [-0.4, -0.2) is 13.7 Å². The number of thiophene rings is 5. The summed E-state index contributed by atoms with van der Waals surface area (Å²) in [6.07, 6.45) is 0. The van der Waals surface area contributed by atoms with Crippen molar-refractivity contribution in [3.63, 3.8) is 0 Å². The summed E-state index contributed by atoms with van der Waals surface area (Å²) >= 11 is 9.42. The van der Waals surface area contributed by atoms with Crippen molar-refractivity contribution in [2.75, 3.05) is 0 Å². The zero-order valence-electron chi connectivity index (χ0n) is 69.3. The van der Waals surface area contributed by atoms with E-state index in [1.54, 1.807) is 0 Å². The molecule has 4 nitrogen and oxygen atoms in total. The molecule has 602 valence electrons. The maximum absolute atomic E-state index is 6.38. The van der Waals surface area contributed by atoms with E-state index in [4.69, 9.17) is 4.42 Å². The van der Waals surface area contributed by atoms with Crippen LogP contribution in [-0.2, 0) is 0 Å². The largest absolute Gasteiger partial charge is 0.455 e. The average Bonchev–Trinajstić information content (AvgIpc) is 1.57. The molecule has 0 atom stereocenters. The lowest BCUT2D eigenvalue weighted by molar-refractivity contribution is 0.670. The van der Waals surface area contributed by atoms with Crippen LogP contribution in [0.5, 0.6) is 0 Å². The van der Waals surface area contributed by atoms with E-state index in [1.165, 1.54) is 222 Å². The lowest BCUT2D eigenvalue weighted by atomic mass is 9.97. The standard InChI is InChI=1S/C42H25NOS.C42H25NS2.C36H21NS2/c1-4-19-37-31(14-1)35-25-41-36(33-16-3-6-21-40(33)45-41)24-38(35)43(37)29-13-8-11-27(23-29)26-10-7-12-28(22-26)30-17-9-18-34-32-15-2-5-20-39(32)44-42(30)34;1-4-19-37-31(14-1)35-25-41-36(33-16-3-5-20-39(33)44-41)24-38(35)43(37)29-13-8-11-27(23-29)26-10-7-12-28(22-26)30-17-9-18-34-32-15-2-6-21-40(32)45-42(30)34;1-4-16-31-25(11-1)29-21-35-30(27-13-3-5-17-33(27)38-35)20-32(29)37(31)23-10-7-9-22(19-23)24-14-8-15-28-26-12-2-6-18-34(26)39-36(24)28/h2*1-25H;1-21H. The van der Waals surface area contributed by atoms with E-state index in [0.29, 0.717) is 0 Å². The summed E-state index contributed by atoms with van der Waals surface area (Å²) in [6.45, 7) is 0. The quantitative estimate of drug-likeness (QED) is 0.149. The first kappa shape index (κ1) is 74.0. The number of hydrogen-bond acceptors (Lipinski definition) is 6.